The Morgan fingerprint density at radius 1 is 1.25 bits per heavy atom. The van der Waals surface area contributed by atoms with Gasteiger partial charge in [0.05, 0.1) is 11.6 Å². The summed E-state index contributed by atoms with van der Waals surface area (Å²) in [5.41, 5.74) is 5.11. The molecule has 1 aliphatic heterocycles. The maximum absolute atomic E-state index is 11.4. The Labute approximate surface area is 148 Å². The number of carbonyl (C=O) groups is 1. The number of amides is 1. The van der Waals surface area contributed by atoms with Crippen LogP contribution in [0.25, 0.3) is 0 Å². The Balaban J connectivity index is 0.00000208. The van der Waals surface area contributed by atoms with E-state index in [1.54, 1.807) is 0 Å². The highest BCUT2D eigenvalue weighted by Gasteiger charge is 2.16. The lowest BCUT2D eigenvalue weighted by Crippen LogP contribution is -2.21. The van der Waals surface area contributed by atoms with Crippen LogP contribution in [0.2, 0.25) is 0 Å². The topological polar surface area (TPSA) is 64.9 Å². The molecule has 0 saturated carbocycles. The first-order valence-electron chi connectivity index (χ1n) is 7.81. The van der Waals surface area contributed by atoms with E-state index in [2.05, 4.69) is 29.7 Å². The van der Waals surface area contributed by atoms with Crippen LogP contribution in [-0.2, 0) is 17.8 Å². The summed E-state index contributed by atoms with van der Waals surface area (Å²) < 4.78 is 0. The predicted molar refractivity (Wildman–Crippen MR) is 97.1 cm³/mol. The molecule has 5 heteroatoms. The van der Waals surface area contributed by atoms with Crippen molar-refractivity contribution in [3.63, 3.8) is 0 Å². The molecule has 0 saturated heterocycles. The molecule has 0 radical (unpaired) electrons. The average Bonchev–Trinajstić information content (AvgIpc) is 2.59. The molecule has 1 unspecified atom stereocenters. The van der Waals surface area contributed by atoms with Crippen molar-refractivity contribution in [1.82, 2.24) is 5.32 Å². The van der Waals surface area contributed by atoms with Crippen LogP contribution >= 0.6 is 12.4 Å². The van der Waals surface area contributed by atoms with Crippen LogP contribution in [0, 0.1) is 11.3 Å². The minimum atomic E-state index is 0. The number of aryl methyl sites for hydroxylation is 1. The smallest absolute Gasteiger partial charge is 0.224 e. The number of anilines is 1. The number of fused-ring (bicyclic) bond motifs is 1. The summed E-state index contributed by atoms with van der Waals surface area (Å²) in [7, 11) is 0. The van der Waals surface area contributed by atoms with Gasteiger partial charge in [0.1, 0.15) is 0 Å². The molecular weight excluding hydrogens is 322 g/mol. The molecule has 3 rings (SSSR count). The zero-order chi connectivity index (χ0) is 16.2. The maximum Gasteiger partial charge on any atom is 0.224 e. The van der Waals surface area contributed by atoms with Gasteiger partial charge in [-0.15, -0.1) is 12.4 Å². The highest BCUT2D eigenvalue weighted by atomic mass is 35.5. The van der Waals surface area contributed by atoms with Crippen LogP contribution in [0.4, 0.5) is 5.69 Å². The minimum Gasteiger partial charge on any atom is -0.326 e. The fourth-order valence-corrected chi connectivity index (χ4v) is 2.81. The van der Waals surface area contributed by atoms with Crippen LogP contribution in [0.3, 0.4) is 0 Å². The van der Waals surface area contributed by atoms with Crippen molar-refractivity contribution in [3.8, 4) is 6.07 Å². The summed E-state index contributed by atoms with van der Waals surface area (Å²) in [5, 5.41) is 15.3. The van der Waals surface area contributed by atoms with E-state index in [0.717, 1.165) is 17.7 Å². The molecule has 0 fully saturated rings. The van der Waals surface area contributed by atoms with E-state index in [1.165, 1.54) is 11.1 Å². The SMILES string of the molecule is CC(NCc1cccc(C#N)c1)c1ccc2c(c1)CCC(=O)N2.Cl. The molecule has 124 valence electrons. The summed E-state index contributed by atoms with van der Waals surface area (Å²) in [6.07, 6.45) is 1.35. The third-order valence-corrected chi connectivity index (χ3v) is 4.19. The average molecular weight is 342 g/mol. The van der Waals surface area contributed by atoms with Crippen LogP contribution in [0.15, 0.2) is 42.5 Å². The number of carbonyl (C=O) groups excluding carboxylic acids is 1. The first kappa shape index (κ1) is 18.0. The summed E-state index contributed by atoms with van der Waals surface area (Å²) >= 11 is 0. The monoisotopic (exact) mass is 341 g/mol. The first-order chi connectivity index (χ1) is 11.2. The molecule has 1 heterocycles. The Morgan fingerprint density at radius 2 is 2.08 bits per heavy atom. The van der Waals surface area contributed by atoms with Gasteiger partial charge in [0, 0.05) is 24.7 Å². The molecule has 0 spiro atoms. The molecular formula is C19H20ClN3O. The van der Waals surface area contributed by atoms with Gasteiger partial charge in [-0.05, 0) is 48.2 Å². The summed E-state index contributed by atoms with van der Waals surface area (Å²) in [4.78, 5) is 11.4. The molecule has 1 aliphatic rings. The van der Waals surface area contributed by atoms with E-state index in [-0.39, 0.29) is 24.4 Å². The molecule has 24 heavy (non-hydrogen) atoms. The maximum atomic E-state index is 11.4. The quantitative estimate of drug-likeness (QED) is 0.890. The van der Waals surface area contributed by atoms with Crippen molar-refractivity contribution in [2.45, 2.75) is 32.4 Å². The molecule has 0 aromatic heterocycles. The lowest BCUT2D eigenvalue weighted by molar-refractivity contribution is -0.116. The van der Waals surface area contributed by atoms with Crippen molar-refractivity contribution in [2.24, 2.45) is 0 Å². The molecule has 0 aliphatic carbocycles. The predicted octanol–water partition coefficient (Wildman–Crippen LogP) is 3.72. The second kappa shape index (κ2) is 7.96. The third kappa shape index (κ3) is 4.14. The number of nitrogens with one attached hydrogen (secondary N) is 2. The minimum absolute atomic E-state index is 0. The van der Waals surface area contributed by atoms with Gasteiger partial charge in [0.15, 0.2) is 0 Å². The molecule has 1 amide bonds. The van der Waals surface area contributed by atoms with E-state index in [4.69, 9.17) is 5.26 Å². The number of nitrogens with zero attached hydrogens (tertiary/aromatic N) is 1. The fraction of sp³-hybridized carbons (Fsp3) is 0.263. The standard InChI is InChI=1S/C19H19N3O.ClH/c1-13(21-12-15-4-2-3-14(9-15)11-20)16-5-7-18-17(10-16)6-8-19(23)22-18;/h2-5,7,9-10,13,21H,6,8,12H2,1H3,(H,22,23);1H. The highest BCUT2D eigenvalue weighted by Crippen LogP contribution is 2.26. The van der Waals surface area contributed by atoms with E-state index in [0.29, 0.717) is 18.5 Å². The van der Waals surface area contributed by atoms with Crippen molar-refractivity contribution in [2.75, 3.05) is 5.32 Å². The van der Waals surface area contributed by atoms with Gasteiger partial charge in [-0.1, -0.05) is 24.3 Å². The number of halogens is 1. The Bertz CT molecular complexity index is 782. The summed E-state index contributed by atoms with van der Waals surface area (Å²) in [6, 6.07) is 16.2. The lowest BCUT2D eigenvalue weighted by Gasteiger charge is -2.20. The largest absolute Gasteiger partial charge is 0.326 e. The van der Waals surface area contributed by atoms with Gasteiger partial charge in [-0.2, -0.15) is 5.26 Å². The van der Waals surface area contributed by atoms with Gasteiger partial charge in [0.25, 0.3) is 0 Å². The molecule has 1 atom stereocenters. The molecule has 4 nitrogen and oxygen atoms in total. The normalized spacial score (nSPS) is 13.9. The zero-order valence-corrected chi connectivity index (χ0v) is 14.3. The molecule has 2 aromatic rings. The Hall–Kier alpha value is -2.35. The van der Waals surface area contributed by atoms with Crippen LogP contribution in [0.1, 0.15) is 41.6 Å². The van der Waals surface area contributed by atoms with Crippen molar-refractivity contribution < 1.29 is 4.79 Å². The molecule has 0 bridgehead atoms. The van der Waals surface area contributed by atoms with Gasteiger partial charge < -0.3 is 10.6 Å². The van der Waals surface area contributed by atoms with Crippen molar-refractivity contribution in [1.29, 1.82) is 5.26 Å². The third-order valence-electron chi connectivity index (χ3n) is 4.19. The zero-order valence-electron chi connectivity index (χ0n) is 13.5. The van der Waals surface area contributed by atoms with E-state index in [1.807, 2.05) is 36.4 Å². The lowest BCUT2D eigenvalue weighted by atomic mass is 9.97. The highest BCUT2D eigenvalue weighted by molar-refractivity contribution is 5.93. The van der Waals surface area contributed by atoms with Gasteiger partial charge in [-0.3, -0.25) is 4.79 Å². The second-order valence-electron chi connectivity index (χ2n) is 5.88. The van der Waals surface area contributed by atoms with Crippen LogP contribution in [0.5, 0.6) is 0 Å². The Kier molecular flexibility index (Phi) is 5.97. The van der Waals surface area contributed by atoms with E-state index >= 15 is 0 Å². The van der Waals surface area contributed by atoms with Crippen LogP contribution < -0.4 is 10.6 Å². The molecule has 2 aromatic carbocycles. The summed E-state index contributed by atoms with van der Waals surface area (Å²) in [5.74, 6) is 0.0915. The number of benzene rings is 2. The number of nitriles is 1. The summed E-state index contributed by atoms with van der Waals surface area (Å²) in [6.45, 7) is 2.84. The fourth-order valence-electron chi connectivity index (χ4n) is 2.81. The molecule has 2 N–H and O–H groups in total. The first-order valence-corrected chi connectivity index (χ1v) is 7.81. The van der Waals surface area contributed by atoms with E-state index in [9.17, 15) is 4.79 Å². The van der Waals surface area contributed by atoms with Gasteiger partial charge >= 0.3 is 0 Å². The van der Waals surface area contributed by atoms with Crippen molar-refractivity contribution in [3.05, 3.63) is 64.7 Å². The number of rotatable bonds is 4. The number of hydrogen-bond acceptors (Lipinski definition) is 3. The van der Waals surface area contributed by atoms with Gasteiger partial charge in [0.2, 0.25) is 5.91 Å². The second-order valence-corrected chi connectivity index (χ2v) is 5.88. The van der Waals surface area contributed by atoms with E-state index < -0.39 is 0 Å². The Morgan fingerprint density at radius 3 is 2.88 bits per heavy atom. The van der Waals surface area contributed by atoms with Crippen molar-refractivity contribution >= 4 is 24.0 Å². The van der Waals surface area contributed by atoms with Gasteiger partial charge in [-0.25, -0.2) is 0 Å². The number of hydrogen-bond donors (Lipinski definition) is 2. The van der Waals surface area contributed by atoms with Crippen LogP contribution in [-0.4, -0.2) is 5.91 Å².